The van der Waals surface area contributed by atoms with Crippen molar-refractivity contribution in [2.24, 2.45) is 0 Å². The van der Waals surface area contributed by atoms with Gasteiger partial charge in [0.15, 0.2) is 5.76 Å². The lowest BCUT2D eigenvalue weighted by molar-refractivity contribution is -0.136. The van der Waals surface area contributed by atoms with Gasteiger partial charge in [-0.3, -0.25) is 0 Å². The third kappa shape index (κ3) is 3.00. The Hall–Kier alpha value is -3.06. The zero-order chi connectivity index (χ0) is 19.3. The second-order valence-electron chi connectivity index (χ2n) is 5.85. The average molecular weight is 392 g/mol. The molecule has 2 heterocycles. The number of rotatable bonds is 2. The van der Waals surface area contributed by atoms with Crippen LogP contribution in [-0.4, -0.2) is 16.1 Å². The van der Waals surface area contributed by atoms with Crippen molar-refractivity contribution in [3.8, 4) is 11.5 Å². The average Bonchev–Trinajstić information content (AvgIpc) is 3.02. The number of hydrogen-bond donors (Lipinski definition) is 1. The third-order valence-corrected chi connectivity index (χ3v) is 4.34. The van der Waals surface area contributed by atoms with E-state index in [0.29, 0.717) is 16.0 Å². The lowest BCUT2D eigenvalue weighted by Gasteiger charge is -2.12. The highest BCUT2D eigenvalue weighted by Crippen LogP contribution is 2.37. The predicted molar refractivity (Wildman–Crippen MR) is 93.9 cm³/mol. The van der Waals surface area contributed by atoms with Crippen molar-refractivity contribution in [2.45, 2.75) is 6.18 Å². The molecule has 27 heavy (non-hydrogen) atoms. The van der Waals surface area contributed by atoms with Crippen LogP contribution in [0.1, 0.15) is 15.9 Å². The molecular weight excluding hydrogens is 383 g/mol. The summed E-state index contributed by atoms with van der Waals surface area (Å²) in [7, 11) is 0. The molecule has 0 spiro atoms. The SMILES string of the molecule is O=C(O)c1cc(-c2cc3cc(Cl)ccc3o2)nc2c(C(F)(F)F)cccc12. The monoisotopic (exact) mass is 391 g/mol. The normalized spacial score (nSPS) is 12.0. The smallest absolute Gasteiger partial charge is 0.418 e. The van der Waals surface area contributed by atoms with E-state index in [0.717, 1.165) is 12.1 Å². The summed E-state index contributed by atoms with van der Waals surface area (Å²) in [5, 5.41) is 10.5. The van der Waals surface area contributed by atoms with Gasteiger partial charge in [-0.25, -0.2) is 9.78 Å². The summed E-state index contributed by atoms with van der Waals surface area (Å²) >= 11 is 5.93. The summed E-state index contributed by atoms with van der Waals surface area (Å²) in [5.74, 6) is -1.21. The Morgan fingerprint density at radius 1 is 1.11 bits per heavy atom. The number of fused-ring (bicyclic) bond motifs is 2. The van der Waals surface area contributed by atoms with E-state index < -0.39 is 23.2 Å². The van der Waals surface area contributed by atoms with Gasteiger partial charge < -0.3 is 9.52 Å². The molecule has 8 heteroatoms. The lowest BCUT2D eigenvalue weighted by atomic mass is 10.0. The highest BCUT2D eigenvalue weighted by molar-refractivity contribution is 6.31. The number of aromatic nitrogens is 1. The van der Waals surface area contributed by atoms with Gasteiger partial charge in [-0.05, 0) is 36.4 Å². The van der Waals surface area contributed by atoms with Crippen LogP contribution in [-0.2, 0) is 6.18 Å². The van der Waals surface area contributed by atoms with Crippen LogP contribution in [0.25, 0.3) is 33.3 Å². The number of carboxylic acid groups (broad SMARTS) is 1. The molecule has 0 unspecified atom stereocenters. The molecule has 4 aromatic rings. The van der Waals surface area contributed by atoms with Gasteiger partial charge in [0.25, 0.3) is 0 Å². The highest BCUT2D eigenvalue weighted by atomic mass is 35.5. The number of alkyl halides is 3. The molecule has 0 atom stereocenters. The molecule has 2 aromatic heterocycles. The first-order valence-electron chi connectivity index (χ1n) is 7.68. The van der Waals surface area contributed by atoms with Crippen LogP contribution < -0.4 is 0 Å². The number of benzene rings is 2. The molecular formula is C19H9ClF3NO3. The van der Waals surface area contributed by atoms with Gasteiger partial charge in [0.1, 0.15) is 11.3 Å². The molecule has 0 aliphatic rings. The summed E-state index contributed by atoms with van der Waals surface area (Å²) in [6.45, 7) is 0. The van der Waals surface area contributed by atoms with E-state index in [1.807, 2.05) is 0 Å². The highest BCUT2D eigenvalue weighted by Gasteiger charge is 2.34. The first-order valence-corrected chi connectivity index (χ1v) is 8.05. The number of pyridine rings is 1. The van der Waals surface area contributed by atoms with Crippen molar-refractivity contribution in [1.82, 2.24) is 4.98 Å². The summed E-state index contributed by atoms with van der Waals surface area (Å²) in [5.41, 5.74) is -1.30. The minimum atomic E-state index is -4.68. The van der Waals surface area contributed by atoms with Crippen molar-refractivity contribution < 1.29 is 27.5 Å². The van der Waals surface area contributed by atoms with Gasteiger partial charge in [-0.2, -0.15) is 13.2 Å². The van der Waals surface area contributed by atoms with Crippen molar-refractivity contribution >= 4 is 39.4 Å². The van der Waals surface area contributed by atoms with Gasteiger partial charge in [0.05, 0.1) is 16.6 Å². The summed E-state index contributed by atoms with van der Waals surface area (Å²) in [6.07, 6.45) is -4.68. The molecule has 0 fully saturated rings. The lowest BCUT2D eigenvalue weighted by Crippen LogP contribution is -2.09. The molecule has 0 amide bonds. The Morgan fingerprint density at radius 2 is 1.89 bits per heavy atom. The fraction of sp³-hybridized carbons (Fsp3) is 0.0526. The molecule has 0 saturated carbocycles. The predicted octanol–water partition coefficient (Wildman–Crippen LogP) is 6.02. The van der Waals surface area contributed by atoms with Crippen LogP contribution in [0.2, 0.25) is 5.02 Å². The summed E-state index contributed by atoms with van der Waals surface area (Å²) in [4.78, 5) is 15.7. The van der Waals surface area contributed by atoms with E-state index in [9.17, 15) is 23.1 Å². The number of aromatic carboxylic acids is 1. The Bertz CT molecular complexity index is 1210. The number of carbonyl (C=O) groups is 1. The number of halogens is 4. The van der Waals surface area contributed by atoms with Gasteiger partial charge in [0, 0.05) is 15.8 Å². The number of furan rings is 1. The van der Waals surface area contributed by atoms with E-state index in [2.05, 4.69) is 4.98 Å². The molecule has 0 aliphatic heterocycles. The topological polar surface area (TPSA) is 63.3 Å². The molecule has 0 radical (unpaired) electrons. The van der Waals surface area contributed by atoms with E-state index in [1.165, 1.54) is 12.1 Å². The molecule has 0 bridgehead atoms. The molecule has 136 valence electrons. The second kappa shape index (κ2) is 5.99. The minimum absolute atomic E-state index is 0.0103. The van der Waals surface area contributed by atoms with Gasteiger partial charge in [0.2, 0.25) is 0 Å². The molecule has 1 N–H and O–H groups in total. The van der Waals surface area contributed by atoms with Crippen molar-refractivity contribution in [3.05, 3.63) is 64.7 Å². The molecule has 2 aromatic carbocycles. The molecule has 0 saturated heterocycles. The number of hydrogen-bond acceptors (Lipinski definition) is 3. The Morgan fingerprint density at radius 3 is 2.59 bits per heavy atom. The van der Waals surface area contributed by atoms with Gasteiger partial charge in [-0.15, -0.1) is 0 Å². The van der Waals surface area contributed by atoms with Crippen LogP contribution >= 0.6 is 11.6 Å². The number of nitrogens with zero attached hydrogens (tertiary/aromatic N) is 1. The Kier molecular flexibility index (Phi) is 3.85. The fourth-order valence-electron chi connectivity index (χ4n) is 2.92. The fourth-order valence-corrected chi connectivity index (χ4v) is 3.10. The van der Waals surface area contributed by atoms with Crippen LogP contribution in [0.5, 0.6) is 0 Å². The maximum Gasteiger partial charge on any atom is 0.418 e. The maximum absolute atomic E-state index is 13.4. The van der Waals surface area contributed by atoms with E-state index in [-0.39, 0.29) is 22.4 Å². The van der Waals surface area contributed by atoms with Crippen LogP contribution in [0.4, 0.5) is 13.2 Å². The minimum Gasteiger partial charge on any atom is -0.478 e. The Labute approximate surface area is 154 Å². The third-order valence-electron chi connectivity index (χ3n) is 4.11. The van der Waals surface area contributed by atoms with Gasteiger partial charge >= 0.3 is 12.1 Å². The van der Waals surface area contributed by atoms with Crippen molar-refractivity contribution in [2.75, 3.05) is 0 Å². The number of carboxylic acids is 1. The van der Waals surface area contributed by atoms with Crippen LogP contribution in [0, 0.1) is 0 Å². The largest absolute Gasteiger partial charge is 0.478 e. The first-order chi connectivity index (χ1) is 12.7. The van der Waals surface area contributed by atoms with Crippen LogP contribution in [0.15, 0.2) is 52.9 Å². The molecule has 4 nitrogen and oxygen atoms in total. The Balaban J connectivity index is 2.04. The maximum atomic E-state index is 13.4. The van der Waals surface area contributed by atoms with Crippen molar-refractivity contribution in [1.29, 1.82) is 0 Å². The molecule has 0 aliphatic carbocycles. The molecule has 4 rings (SSSR count). The summed E-state index contributed by atoms with van der Waals surface area (Å²) < 4.78 is 45.7. The zero-order valence-electron chi connectivity index (χ0n) is 13.3. The van der Waals surface area contributed by atoms with Crippen LogP contribution in [0.3, 0.4) is 0 Å². The van der Waals surface area contributed by atoms with E-state index >= 15 is 0 Å². The van der Waals surface area contributed by atoms with E-state index in [4.69, 9.17) is 16.0 Å². The quantitative estimate of drug-likeness (QED) is 0.454. The number of para-hydroxylation sites is 1. The second-order valence-corrected chi connectivity index (χ2v) is 6.29. The first kappa shape index (κ1) is 17.4. The van der Waals surface area contributed by atoms with Crippen molar-refractivity contribution in [3.63, 3.8) is 0 Å². The van der Waals surface area contributed by atoms with E-state index in [1.54, 1.807) is 24.3 Å². The zero-order valence-corrected chi connectivity index (χ0v) is 14.1. The standard InChI is InChI=1S/C19H9ClF3NO3/c20-10-4-5-15-9(6-10)7-16(27-15)14-8-12(18(25)26)11-2-1-3-13(17(11)24-14)19(21,22)23/h1-8H,(H,25,26). The van der Waals surface area contributed by atoms with Gasteiger partial charge in [-0.1, -0.05) is 23.7 Å². The summed E-state index contributed by atoms with van der Waals surface area (Å²) in [6, 6.07) is 10.9.